The van der Waals surface area contributed by atoms with Crippen LogP contribution < -0.4 is 0 Å². The minimum Gasteiger partial charge on any atom is -0.245 e. The third-order valence-electron chi connectivity index (χ3n) is 1.72. The molecule has 3 heteroatoms. The van der Waals surface area contributed by atoms with Crippen LogP contribution in [0.3, 0.4) is 0 Å². The molecule has 1 aromatic heterocycles. The van der Waals surface area contributed by atoms with Crippen LogP contribution in [0.1, 0.15) is 13.8 Å². The number of hydrogen-bond donors (Lipinski definition) is 0. The smallest absolute Gasteiger partial charge is 0.154 e. The van der Waals surface area contributed by atoms with E-state index in [1.807, 2.05) is 0 Å². The van der Waals surface area contributed by atoms with Gasteiger partial charge in [0.05, 0.1) is 6.20 Å². The average molecular weight is 163 g/mol. The molecule has 0 aromatic carbocycles. The maximum atomic E-state index is 4.09. The standard InChI is InChI=1S/C9H13N3/c1-7(2)8(3)12-9(10-4)5-6-11-12/h5-7H,3-4H2,1-2H3. The first-order chi connectivity index (χ1) is 5.66. The van der Waals surface area contributed by atoms with Gasteiger partial charge in [0.15, 0.2) is 5.82 Å². The van der Waals surface area contributed by atoms with E-state index in [0.717, 1.165) is 11.5 Å². The summed E-state index contributed by atoms with van der Waals surface area (Å²) >= 11 is 0. The van der Waals surface area contributed by atoms with Gasteiger partial charge in [0, 0.05) is 11.8 Å². The highest BCUT2D eigenvalue weighted by molar-refractivity contribution is 5.51. The van der Waals surface area contributed by atoms with E-state index in [2.05, 4.69) is 37.2 Å². The van der Waals surface area contributed by atoms with Gasteiger partial charge in [0.1, 0.15) is 0 Å². The lowest BCUT2D eigenvalue weighted by atomic mass is 10.2. The summed E-state index contributed by atoms with van der Waals surface area (Å²) in [5, 5.41) is 4.09. The third-order valence-corrected chi connectivity index (χ3v) is 1.72. The summed E-state index contributed by atoms with van der Waals surface area (Å²) in [6.45, 7) is 11.5. The van der Waals surface area contributed by atoms with Crippen molar-refractivity contribution in [3.8, 4) is 0 Å². The van der Waals surface area contributed by atoms with Gasteiger partial charge in [-0.25, -0.2) is 9.67 Å². The van der Waals surface area contributed by atoms with Gasteiger partial charge in [-0.3, -0.25) is 0 Å². The van der Waals surface area contributed by atoms with Crippen molar-refractivity contribution < 1.29 is 0 Å². The molecule has 3 nitrogen and oxygen atoms in total. The molecule has 0 aliphatic rings. The second-order valence-electron chi connectivity index (χ2n) is 2.91. The number of hydrogen-bond acceptors (Lipinski definition) is 2. The number of aromatic nitrogens is 2. The minimum atomic E-state index is 0.366. The molecule has 0 spiro atoms. The van der Waals surface area contributed by atoms with E-state index in [9.17, 15) is 0 Å². The van der Waals surface area contributed by atoms with Crippen LogP contribution >= 0.6 is 0 Å². The van der Waals surface area contributed by atoms with Crippen molar-refractivity contribution >= 4 is 18.2 Å². The Labute approximate surface area is 72.4 Å². The van der Waals surface area contributed by atoms with Gasteiger partial charge in [-0.05, 0) is 12.6 Å². The van der Waals surface area contributed by atoms with Crippen LogP contribution in [-0.4, -0.2) is 16.5 Å². The molecule has 1 aromatic rings. The van der Waals surface area contributed by atoms with Crippen molar-refractivity contribution in [3.05, 3.63) is 18.8 Å². The molecule has 0 saturated heterocycles. The van der Waals surface area contributed by atoms with Gasteiger partial charge in [-0.15, -0.1) is 0 Å². The Morgan fingerprint density at radius 1 is 1.67 bits per heavy atom. The monoisotopic (exact) mass is 163 g/mol. The zero-order valence-corrected chi connectivity index (χ0v) is 7.49. The fraction of sp³-hybridized carbons (Fsp3) is 0.333. The summed E-state index contributed by atoms with van der Waals surface area (Å²) in [6, 6.07) is 1.81. The van der Waals surface area contributed by atoms with Gasteiger partial charge in [0.25, 0.3) is 0 Å². The van der Waals surface area contributed by atoms with Crippen LogP contribution in [0.4, 0.5) is 5.82 Å². The Morgan fingerprint density at radius 2 is 2.33 bits per heavy atom. The maximum absolute atomic E-state index is 4.09. The molecule has 0 saturated carbocycles. The lowest BCUT2D eigenvalue weighted by molar-refractivity contribution is 0.748. The molecule has 0 amide bonds. The van der Waals surface area contributed by atoms with Crippen molar-refractivity contribution in [2.45, 2.75) is 13.8 Å². The molecule has 0 unspecified atom stereocenters. The van der Waals surface area contributed by atoms with E-state index >= 15 is 0 Å². The highest BCUT2D eigenvalue weighted by Gasteiger charge is 2.06. The van der Waals surface area contributed by atoms with Crippen LogP contribution in [0.15, 0.2) is 23.8 Å². The van der Waals surface area contributed by atoms with Gasteiger partial charge in [-0.2, -0.15) is 5.10 Å². The summed E-state index contributed by atoms with van der Waals surface area (Å²) in [4.78, 5) is 3.82. The summed E-state index contributed by atoms with van der Waals surface area (Å²) in [5.74, 6) is 1.11. The molecule has 0 aliphatic heterocycles. The van der Waals surface area contributed by atoms with E-state index < -0.39 is 0 Å². The zero-order chi connectivity index (χ0) is 9.14. The molecule has 0 radical (unpaired) electrons. The predicted octanol–water partition coefficient (Wildman–Crippen LogP) is 2.34. The van der Waals surface area contributed by atoms with Crippen molar-refractivity contribution in [1.29, 1.82) is 0 Å². The summed E-state index contributed by atoms with van der Waals surface area (Å²) in [6.07, 6.45) is 1.69. The van der Waals surface area contributed by atoms with E-state index in [-0.39, 0.29) is 0 Å². The fourth-order valence-electron chi connectivity index (χ4n) is 0.882. The Hall–Kier alpha value is -1.38. The van der Waals surface area contributed by atoms with Crippen LogP contribution in [0.25, 0.3) is 5.70 Å². The van der Waals surface area contributed by atoms with E-state index in [1.165, 1.54) is 0 Å². The molecule has 64 valence electrons. The van der Waals surface area contributed by atoms with Crippen LogP contribution in [0.2, 0.25) is 0 Å². The van der Waals surface area contributed by atoms with Crippen molar-refractivity contribution in [2.75, 3.05) is 0 Å². The van der Waals surface area contributed by atoms with E-state index in [4.69, 9.17) is 0 Å². The molecule has 1 rings (SSSR count). The number of rotatable bonds is 3. The molecule has 0 bridgehead atoms. The van der Waals surface area contributed by atoms with Crippen LogP contribution in [0, 0.1) is 5.92 Å². The highest BCUT2D eigenvalue weighted by atomic mass is 15.3. The molecule has 0 fully saturated rings. The molecule has 0 atom stereocenters. The molecule has 0 N–H and O–H groups in total. The van der Waals surface area contributed by atoms with Crippen LogP contribution in [0.5, 0.6) is 0 Å². The van der Waals surface area contributed by atoms with Crippen molar-refractivity contribution in [2.24, 2.45) is 10.9 Å². The van der Waals surface area contributed by atoms with Crippen molar-refractivity contribution in [1.82, 2.24) is 9.78 Å². The Kier molecular flexibility index (Phi) is 2.43. The highest BCUT2D eigenvalue weighted by Crippen LogP contribution is 2.19. The third kappa shape index (κ3) is 1.44. The number of nitrogens with zero attached hydrogens (tertiary/aromatic N) is 3. The molecule has 1 heterocycles. The van der Waals surface area contributed by atoms with Gasteiger partial charge >= 0.3 is 0 Å². The lowest BCUT2D eigenvalue weighted by Crippen LogP contribution is -2.02. The predicted molar refractivity (Wildman–Crippen MR) is 51.6 cm³/mol. The maximum Gasteiger partial charge on any atom is 0.154 e. The Bertz CT molecular complexity index is 296. The largest absolute Gasteiger partial charge is 0.245 e. The average Bonchev–Trinajstić information content (AvgIpc) is 2.49. The summed E-state index contributed by atoms with van der Waals surface area (Å²) in [7, 11) is 0. The minimum absolute atomic E-state index is 0.366. The SMILES string of the molecule is C=Nc1ccnn1C(=C)C(C)C. The van der Waals surface area contributed by atoms with Crippen molar-refractivity contribution in [3.63, 3.8) is 0 Å². The quantitative estimate of drug-likeness (QED) is 0.629. The first-order valence-corrected chi connectivity index (χ1v) is 3.86. The second-order valence-corrected chi connectivity index (χ2v) is 2.91. The fourth-order valence-corrected chi connectivity index (χ4v) is 0.882. The van der Waals surface area contributed by atoms with Gasteiger partial charge in [0.2, 0.25) is 0 Å². The first-order valence-electron chi connectivity index (χ1n) is 3.86. The van der Waals surface area contributed by atoms with Gasteiger partial charge < -0.3 is 0 Å². The normalized spacial score (nSPS) is 10.2. The lowest BCUT2D eigenvalue weighted by Gasteiger charge is -2.10. The zero-order valence-electron chi connectivity index (χ0n) is 7.49. The van der Waals surface area contributed by atoms with Gasteiger partial charge in [-0.1, -0.05) is 20.4 Å². The van der Waals surface area contributed by atoms with Crippen LogP contribution in [-0.2, 0) is 0 Å². The van der Waals surface area contributed by atoms with E-state index in [1.54, 1.807) is 16.9 Å². The summed E-state index contributed by atoms with van der Waals surface area (Å²) in [5.41, 5.74) is 0.933. The molecular weight excluding hydrogens is 150 g/mol. The number of aliphatic imine (C=N–C) groups is 1. The Balaban J connectivity index is 3.01. The molecular formula is C9H13N3. The molecule has 12 heavy (non-hydrogen) atoms. The number of allylic oxidation sites excluding steroid dienone is 1. The topological polar surface area (TPSA) is 30.2 Å². The first kappa shape index (κ1) is 8.71. The summed E-state index contributed by atoms with van der Waals surface area (Å²) < 4.78 is 1.71. The molecule has 0 aliphatic carbocycles. The van der Waals surface area contributed by atoms with E-state index in [0.29, 0.717) is 5.92 Å². The second kappa shape index (κ2) is 3.34. The Morgan fingerprint density at radius 3 is 2.83 bits per heavy atom.